The van der Waals surface area contributed by atoms with Gasteiger partial charge >= 0.3 is 5.97 Å². The van der Waals surface area contributed by atoms with Gasteiger partial charge in [0.2, 0.25) is 0 Å². The molecule has 1 heterocycles. The van der Waals surface area contributed by atoms with E-state index in [-0.39, 0.29) is 4.90 Å². The Morgan fingerprint density at radius 3 is 2.54 bits per heavy atom. The van der Waals surface area contributed by atoms with Crippen LogP contribution < -0.4 is 0 Å². The van der Waals surface area contributed by atoms with Gasteiger partial charge in [0.15, 0.2) is 0 Å². The highest BCUT2D eigenvalue weighted by atomic mass is 32.2. The number of fused-ring (bicyclic) bond motifs is 1. The molecule has 0 spiro atoms. The van der Waals surface area contributed by atoms with Gasteiger partial charge in [-0.1, -0.05) is 29.8 Å². The normalized spacial score (nSPS) is 11.9. The second kappa shape index (κ2) is 7.17. The predicted molar refractivity (Wildman–Crippen MR) is 101 cm³/mol. The lowest BCUT2D eigenvalue weighted by Crippen LogP contribution is -2.11. The number of carbonyl (C=O) groups is 1. The molecule has 0 amide bonds. The first-order valence-corrected chi connectivity index (χ1v) is 9.64. The monoisotopic (exact) mass is 369 g/mol. The number of carbonyl (C=O) groups excluding carboxylic acids is 1. The van der Waals surface area contributed by atoms with Crippen LogP contribution in [0.25, 0.3) is 17.0 Å². The van der Waals surface area contributed by atoms with Crippen molar-refractivity contribution < 1.29 is 17.9 Å². The van der Waals surface area contributed by atoms with E-state index in [0.717, 1.165) is 10.9 Å². The topological polar surface area (TPSA) is 65.4 Å². The number of nitrogens with zero attached hydrogens (tertiary/aromatic N) is 1. The highest BCUT2D eigenvalue weighted by molar-refractivity contribution is 7.90. The van der Waals surface area contributed by atoms with Crippen molar-refractivity contribution in [1.82, 2.24) is 3.97 Å². The molecule has 0 saturated heterocycles. The summed E-state index contributed by atoms with van der Waals surface area (Å²) < 4.78 is 32.0. The first-order valence-electron chi connectivity index (χ1n) is 8.20. The molecule has 6 heteroatoms. The molecule has 0 saturated carbocycles. The van der Waals surface area contributed by atoms with E-state index in [0.29, 0.717) is 17.7 Å². The zero-order valence-electron chi connectivity index (χ0n) is 14.5. The van der Waals surface area contributed by atoms with Crippen molar-refractivity contribution in [3.8, 4) is 0 Å². The van der Waals surface area contributed by atoms with E-state index in [4.69, 9.17) is 4.74 Å². The first-order chi connectivity index (χ1) is 12.4. The maximum Gasteiger partial charge on any atom is 0.330 e. The smallest absolute Gasteiger partial charge is 0.330 e. The molecular formula is C20H19NO4S. The number of ether oxygens (including phenoxy) is 1. The van der Waals surface area contributed by atoms with Crippen molar-refractivity contribution in [2.24, 2.45) is 0 Å². The lowest BCUT2D eigenvalue weighted by atomic mass is 10.1. The Hall–Kier alpha value is -2.86. The third kappa shape index (κ3) is 3.55. The molecule has 0 N–H and O–H groups in total. The van der Waals surface area contributed by atoms with Crippen LogP contribution in [0.15, 0.2) is 65.7 Å². The Labute approximate surface area is 152 Å². The molecule has 3 aromatic rings. The molecule has 0 bridgehead atoms. The van der Waals surface area contributed by atoms with Gasteiger partial charge in [0.1, 0.15) is 0 Å². The van der Waals surface area contributed by atoms with E-state index < -0.39 is 16.0 Å². The molecule has 0 radical (unpaired) electrons. The maximum atomic E-state index is 13.0. The summed E-state index contributed by atoms with van der Waals surface area (Å²) in [4.78, 5) is 11.7. The molecule has 2 aromatic carbocycles. The molecule has 1 aromatic heterocycles. The van der Waals surface area contributed by atoms with Crippen LogP contribution in [0.2, 0.25) is 0 Å². The van der Waals surface area contributed by atoms with Crippen LogP contribution in [0.3, 0.4) is 0 Å². The molecule has 0 unspecified atom stereocenters. The highest BCUT2D eigenvalue weighted by Crippen LogP contribution is 2.24. The van der Waals surface area contributed by atoms with E-state index in [1.54, 1.807) is 55.6 Å². The van der Waals surface area contributed by atoms with E-state index in [2.05, 4.69) is 0 Å². The molecular weight excluding hydrogens is 350 g/mol. The minimum Gasteiger partial charge on any atom is -0.463 e. The zero-order valence-corrected chi connectivity index (χ0v) is 15.4. The van der Waals surface area contributed by atoms with Gasteiger partial charge in [-0.2, -0.15) is 0 Å². The molecule has 134 valence electrons. The molecule has 0 aliphatic heterocycles. The van der Waals surface area contributed by atoms with Crippen molar-refractivity contribution in [1.29, 1.82) is 0 Å². The molecule has 0 fully saturated rings. The SMILES string of the molecule is CCOC(=O)C=Cc1ccc2ccn(S(=O)(=O)c3ccc(C)cc3)c2c1. The lowest BCUT2D eigenvalue weighted by molar-refractivity contribution is -0.137. The fourth-order valence-corrected chi connectivity index (χ4v) is 3.96. The summed E-state index contributed by atoms with van der Waals surface area (Å²) in [6.45, 7) is 3.95. The molecule has 3 rings (SSSR count). The lowest BCUT2D eigenvalue weighted by Gasteiger charge is -2.08. The summed E-state index contributed by atoms with van der Waals surface area (Å²) in [6.07, 6.45) is 4.47. The van der Waals surface area contributed by atoms with Crippen LogP contribution in [0.4, 0.5) is 0 Å². The number of rotatable bonds is 5. The number of aromatic nitrogens is 1. The summed E-state index contributed by atoms with van der Waals surface area (Å²) >= 11 is 0. The number of benzene rings is 2. The van der Waals surface area contributed by atoms with Gasteiger partial charge in [0, 0.05) is 17.7 Å². The predicted octanol–water partition coefficient (Wildman–Crippen LogP) is 3.76. The van der Waals surface area contributed by atoms with E-state index in [1.807, 2.05) is 19.1 Å². The molecule has 5 nitrogen and oxygen atoms in total. The Morgan fingerprint density at radius 2 is 1.85 bits per heavy atom. The Kier molecular flexibility index (Phi) is 4.95. The molecule has 0 atom stereocenters. The number of esters is 1. The minimum atomic E-state index is -3.69. The largest absolute Gasteiger partial charge is 0.463 e. The average molecular weight is 369 g/mol. The molecule has 26 heavy (non-hydrogen) atoms. The highest BCUT2D eigenvalue weighted by Gasteiger charge is 2.18. The average Bonchev–Trinajstić information content (AvgIpc) is 3.04. The van der Waals surface area contributed by atoms with Crippen molar-refractivity contribution in [3.63, 3.8) is 0 Å². The molecule has 0 aliphatic carbocycles. The standard InChI is InChI=1S/C20H19NO4S/c1-3-25-20(22)11-7-16-6-8-17-12-13-21(19(17)14-16)26(23,24)18-9-4-15(2)5-10-18/h4-14H,3H2,1-2H3. The third-order valence-electron chi connectivity index (χ3n) is 3.96. The maximum absolute atomic E-state index is 13.0. The van der Waals surface area contributed by atoms with Crippen LogP contribution in [0, 0.1) is 6.92 Å². The summed E-state index contributed by atoms with van der Waals surface area (Å²) in [5.41, 5.74) is 2.26. The van der Waals surface area contributed by atoms with Crippen molar-refractivity contribution in [3.05, 3.63) is 71.9 Å². The quantitative estimate of drug-likeness (QED) is 0.507. The molecule has 0 aliphatic rings. The Morgan fingerprint density at radius 1 is 1.12 bits per heavy atom. The van der Waals surface area contributed by atoms with E-state index in [1.165, 1.54) is 10.0 Å². The van der Waals surface area contributed by atoms with Crippen LogP contribution in [0.1, 0.15) is 18.1 Å². The summed E-state index contributed by atoms with van der Waals surface area (Å²) in [5, 5.41) is 0.800. The van der Waals surface area contributed by atoms with Gasteiger partial charge in [0.25, 0.3) is 10.0 Å². The van der Waals surface area contributed by atoms with Gasteiger partial charge in [-0.25, -0.2) is 17.2 Å². The van der Waals surface area contributed by atoms with Crippen molar-refractivity contribution >= 4 is 33.0 Å². The number of hydrogen-bond donors (Lipinski definition) is 0. The fraction of sp³-hybridized carbons (Fsp3) is 0.150. The van der Waals surface area contributed by atoms with E-state index in [9.17, 15) is 13.2 Å². The minimum absolute atomic E-state index is 0.230. The summed E-state index contributed by atoms with van der Waals surface area (Å²) in [7, 11) is -3.69. The van der Waals surface area contributed by atoms with Crippen LogP contribution >= 0.6 is 0 Å². The first kappa shape index (κ1) is 17.9. The zero-order chi connectivity index (χ0) is 18.7. The van der Waals surface area contributed by atoms with Gasteiger partial charge in [-0.3, -0.25) is 0 Å². The van der Waals surface area contributed by atoms with Gasteiger partial charge < -0.3 is 4.74 Å². The van der Waals surface area contributed by atoms with Crippen molar-refractivity contribution in [2.75, 3.05) is 6.61 Å². The van der Waals surface area contributed by atoms with E-state index >= 15 is 0 Å². The Bertz CT molecular complexity index is 1080. The second-order valence-electron chi connectivity index (χ2n) is 5.83. The number of hydrogen-bond acceptors (Lipinski definition) is 4. The van der Waals surface area contributed by atoms with Crippen LogP contribution in [-0.4, -0.2) is 25.0 Å². The number of aryl methyl sites for hydroxylation is 1. The van der Waals surface area contributed by atoms with Gasteiger partial charge in [-0.15, -0.1) is 0 Å². The van der Waals surface area contributed by atoms with Gasteiger partial charge in [-0.05, 0) is 49.8 Å². The van der Waals surface area contributed by atoms with Crippen LogP contribution in [0.5, 0.6) is 0 Å². The second-order valence-corrected chi connectivity index (χ2v) is 7.65. The van der Waals surface area contributed by atoms with Gasteiger partial charge in [0.05, 0.1) is 17.0 Å². The van der Waals surface area contributed by atoms with Crippen LogP contribution in [-0.2, 0) is 19.6 Å². The third-order valence-corrected chi connectivity index (χ3v) is 5.66. The summed E-state index contributed by atoms with van der Waals surface area (Å²) in [6, 6.07) is 13.9. The Balaban J connectivity index is 2.03. The van der Waals surface area contributed by atoms with Crippen molar-refractivity contribution in [2.45, 2.75) is 18.7 Å². The summed E-state index contributed by atoms with van der Waals surface area (Å²) in [5.74, 6) is -0.435. The fourth-order valence-electron chi connectivity index (χ4n) is 2.61.